The van der Waals surface area contributed by atoms with Crippen molar-refractivity contribution in [2.45, 2.75) is 26.5 Å². The highest BCUT2D eigenvalue weighted by molar-refractivity contribution is 5.48. The molecule has 1 heterocycles. The SMILES string of the molecule is CCN(CC)c1ccc(CN(CC(O)COc2ccccc2)c2ccccn2)cc1. The Bertz CT molecular complexity index is 853. The quantitative estimate of drug-likeness (QED) is 0.513. The molecule has 3 rings (SSSR count). The van der Waals surface area contributed by atoms with E-state index >= 15 is 0 Å². The van der Waals surface area contributed by atoms with Crippen molar-refractivity contribution in [2.24, 2.45) is 0 Å². The Morgan fingerprint density at radius 2 is 1.57 bits per heavy atom. The summed E-state index contributed by atoms with van der Waals surface area (Å²) in [5.41, 5.74) is 2.40. The number of nitrogens with zero attached hydrogens (tertiary/aromatic N) is 3. The van der Waals surface area contributed by atoms with Gasteiger partial charge in [-0.05, 0) is 55.8 Å². The molecule has 1 unspecified atom stereocenters. The fourth-order valence-electron chi connectivity index (χ4n) is 3.42. The summed E-state index contributed by atoms with van der Waals surface area (Å²) in [6.07, 6.45) is 1.14. The molecule has 1 atom stereocenters. The number of aromatic nitrogens is 1. The number of pyridine rings is 1. The highest BCUT2D eigenvalue weighted by Gasteiger charge is 2.15. The minimum atomic E-state index is -0.637. The summed E-state index contributed by atoms with van der Waals surface area (Å²) in [6.45, 7) is 7.64. The monoisotopic (exact) mass is 405 g/mol. The maximum Gasteiger partial charge on any atom is 0.128 e. The predicted molar refractivity (Wildman–Crippen MR) is 123 cm³/mol. The number of para-hydroxylation sites is 1. The topological polar surface area (TPSA) is 48.8 Å². The van der Waals surface area contributed by atoms with Crippen molar-refractivity contribution in [1.29, 1.82) is 0 Å². The van der Waals surface area contributed by atoms with E-state index in [1.807, 2.05) is 48.5 Å². The minimum Gasteiger partial charge on any atom is -0.491 e. The zero-order valence-electron chi connectivity index (χ0n) is 17.8. The van der Waals surface area contributed by atoms with Crippen LogP contribution in [0.2, 0.25) is 0 Å². The van der Waals surface area contributed by atoms with Crippen LogP contribution in [0.3, 0.4) is 0 Å². The number of ether oxygens (including phenoxy) is 1. The first-order valence-corrected chi connectivity index (χ1v) is 10.5. The van der Waals surface area contributed by atoms with Gasteiger partial charge in [0.25, 0.3) is 0 Å². The van der Waals surface area contributed by atoms with E-state index in [-0.39, 0.29) is 6.61 Å². The summed E-state index contributed by atoms with van der Waals surface area (Å²) in [7, 11) is 0. The molecule has 0 amide bonds. The number of aliphatic hydroxyl groups excluding tert-OH is 1. The Kier molecular flexibility index (Phi) is 8.10. The van der Waals surface area contributed by atoms with E-state index in [0.29, 0.717) is 13.1 Å². The number of anilines is 2. The van der Waals surface area contributed by atoms with Gasteiger partial charge in [-0.25, -0.2) is 4.98 Å². The van der Waals surface area contributed by atoms with Crippen molar-refractivity contribution < 1.29 is 9.84 Å². The molecule has 0 fully saturated rings. The molecule has 0 saturated heterocycles. The highest BCUT2D eigenvalue weighted by Crippen LogP contribution is 2.19. The molecule has 158 valence electrons. The molecule has 0 aliphatic carbocycles. The van der Waals surface area contributed by atoms with E-state index in [9.17, 15) is 5.11 Å². The molecule has 5 heteroatoms. The molecular weight excluding hydrogens is 374 g/mol. The first-order valence-electron chi connectivity index (χ1n) is 10.5. The summed E-state index contributed by atoms with van der Waals surface area (Å²) >= 11 is 0. The predicted octanol–water partition coefficient (Wildman–Crippen LogP) is 4.37. The lowest BCUT2D eigenvalue weighted by molar-refractivity contribution is 0.112. The molecule has 0 radical (unpaired) electrons. The van der Waals surface area contributed by atoms with Crippen LogP contribution in [0.15, 0.2) is 79.0 Å². The van der Waals surface area contributed by atoms with E-state index < -0.39 is 6.10 Å². The normalized spacial score (nSPS) is 11.7. The molecule has 5 nitrogen and oxygen atoms in total. The molecule has 3 aromatic rings. The van der Waals surface area contributed by atoms with Gasteiger partial charge in [-0.1, -0.05) is 36.4 Å². The maximum absolute atomic E-state index is 10.6. The Morgan fingerprint density at radius 3 is 2.20 bits per heavy atom. The van der Waals surface area contributed by atoms with Crippen LogP contribution < -0.4 is 14.5 Å². The summed E-state index contributed by atoms with van der Waals surface area (Å²) in [5.74, 6) is 1.59. The highest BCUT2D eigenvalue weighted by atomic mass is 16.5. The van der Waals surface area contributed by atoms with Gasteiger partial charge in [-0.2, -0.15) is 0 Å². The van der Waals surface area contributed by atoms with Crippen molar-refractivity contribution in [3.05, 3.63) is 84.6 Å². The average Bonchev–Trinajstić information content (AvgIpc) is 2.80. The lowest BCUT2D eigenvalue weighted by atomic mass is 10.1. The minimum absolute atomic E-state index is 0.230. The van der Waals surface area contributed by atoms with E-state index in [0.717, 1.165) is 24.7 Å². The fraction of sp³-hybridized carbons (Fsp3) is 0.320. The van der Waals surface area contributed by atoms with E-state index in [4.69, 9.17) is 4.74 Å². The van der Waals surface area contributed by atoms with Crippen LogP contribution in [0.25, 0.3) is 0 Å². The van der Waals surface area contributed by atoms with Crippen molar-refractivity contribution in [3.8, 4) is 5.75 Å². The Balaban J connectivity index is 1.67. The van der Waals surface area contributed by atoms with E-state index in [1.54, 1.807) is 6.20 Å². The van der Waals surface area contributed by atoms with Crippen LogP contribution >= 0.6 is 0 Å². The van der Waals surface area contributed by atoms with Crippen LogP contribution in [-0.4, -0.2) is 42.4 Å². The molecule has 0 aliphatic rings. The van der Waals surface area contributed by atoms with Crippen molar-refractivity contribution in [3.63, 3.8) is 0 Å². The van der Waals surface area contributed by atoms with Crippen LogP contribution in [0.5, 0.6) is 5.75 Å². The molecule has 2 aromatic carbocycles. The summed E-state index contributed by atoms with van der Waals surface area (Å²) < 4.78 is 5.72. The van der Waals surface area contributed by atoms with Gasteiger partial charge in [0.2, 0.25) is 0 Å². The summed E-state index contributed by atoms with van der Waals surface area (Å²) in [6, 6.07) is 24.0. The van der Waals surface area contributed by atoms with Gasteiger partial charge in [-0.15, -0.1) is 0 Å². The van der Waals surface area contributed by atoms with Gasteiger partial charge in [0, 0.05) is 38.1 Å². The van der Waals surface area contributed by atoms with Crippen molar-refractivity contribution >= 4 is 11.5 Å². The third-order valence-electron chi connectivity index (χ3n) is 5.03. The second kappa shape index (κ2) is 11.2. The molecule has 0 saturated carbocycles. The molecule has 1 N–H and O–H groups in total. The van der Waals surface area contributed by atoms with E-state index in [2.05, 4.69) is 52.9 Å². The third kappa shape index (κ3) is 6.22. The maximum atomic E-state index is 10.6. The van der Waals surface area contributed by atoms with Crippen LogP contribution in [0, 0.1) is 0 Å². The second-order valence-electron chi connectivity index (χ2n) is 7.19. The number of benzene rings is 2. The Morgan fingerprint density at radius 1 is 0.867 bits per heavy atom. The standard InChI is InChI=1S/C25H31N3O2/c1-3-27(4-2)22-15-13-21(14-16-22)18-28(25-12-8-9-17-26-25)19-23(29)20-30-24-10-6-5-7-11-24/h5-17,23,29H,3-4,18-20H2,1-2H3. The van der Waals surface area contributed by atoms with Crippen LogP contribution in [0.4, 0.5) is 11.5 Å². The number of aliphatic hydroxyl groups is 1. The first kappa shape index (κ1) is 21.7. The van der Waals surface area contributed by atoms with Gasteiger partial charge < -0.3 is 19.6 Å². The van der Waals surface area contributed by atoms with E-state index in [1.165, 1.54) is 11.3 Å². The molecule has 1 aromatic heterocycles. The third-order valence-corrected chi connectivity index (χ3v) is 5.03. The molecular formula is C25H31N3O2. The lowest BCUT2D eigenvalue weighted by Gasteiger charge is -2.27. The Labute approximate surface area is 179 Å². The van der Waals surface area contributed by atoms with Crippen molar-refractivity contribution in [2.75, 3.05) is 36.0 Å². The first-order chi connectivity index (χ1) is 14.7. The van der Waals surface area contributed by atoms with Gasteiger partial charge in [0.05, 0.1) is 0 Å². The zero-order chi connectivity index (χ0) is 21.2. The average molecular weight is 406 g/mol. The zero-order valence-corrected chi connectivity index (χ0v) is 17.8. The van der Waals surface area contributed by atoms with Crippen LogP contribution in [0.1, 0.15) is 19.4 Å². The van der Waals surface area contributed by atoms with Gasteiger partial charge in [0.1, 0.15) is 24.3 Å². The van der Waals surface area contributed by atoms with Gasteiger partial charge in [-0.3, -0.25) is 0 Å². The van der Waals surface area contributed by atoms with Gasteiger partial charge in [0.15, 0.2) is 0 Å². The molecule has 0 bridgehead atoms. The lowest BCUT2D eigenvalue weighted by Crippen LogP contribution is -2.35. The Hall–Kier alpha value is -3.05. The van der Waals surface area contributed by atoms with Crippen molar-refractivity contribution in [1.82, 2.24) is 4.98 Å². The van der Waals surface area contributed by atoms with Crippen LogP contribution in [-0.2, 0) is 6.54 Å². The number of hydrogen-bond donors (Lipinski definition) is 1. The number of rotatable bonds is 11. The summed E-state index contributed by atoms with van der Waals surface area (Å²) in [4.78, 5) is 8.90. The summed E-state index contributed by atoms with van der Waals surface area (Å²) in [5, 5.41) is 10.6. The smallest absolute Gasteiger partial charge is 0.128 e. The second-order valence-corrected chi connectivity index (χ2v) is 7.19. The molecule has 30 heavy (non-hydrogen) atoms. The van der Waals surface area contributed by atoms with Gasteiger partial charge >= 0.3 is 0 Å². The molecule has 0 spiro atoms. The largest absolute Gasteiger partial charge is 0.491 e. The fourth-order valence-corrected chi connectivity index (χ4v) is 3.42. The molecule has 0 aliphatic heterocycles. The number of hydrogen-bond acceptors (Lipinski definition) is 5.